The van der Waals surface area contributed by atoms with Gasteiger partial charge in [0.25, 0.3) is 0 Å². The number of nitrogens with two attached hydrogens (primary N) is 1. The Morgan fingerprint density at radius 2 is 1.81 bits per heavy atom. The maximum atomic E-state index is 13.2. The average Bonchev–Trinajstić information content (AvgIpc) is 2.41. The zero-order valence-electron chi connectivity index (χ0n) is 12.0. The number of nitrogens with zero attached hydrogens (tertiary/aromatic N) is 2. The second kappa shape index (κ2) is 5.83. The van der Waals surface area contributed by atoms with Gasteiger partial charge in [-0.3, -0.25) is 0 Å². The lowest BCUT2D eigenvalue weighted by atomic mass is 9.96. The van der Waals surface area contributed by atoms with Crippen molar-refractivity contribution in [1.82, 2.24) is 9.97 Å². The minimum atomic E-state index is -0.468. The Kier molecular flexibility index (Phi) is 4.29. The molecule has 1 aromatic heterocycles. The first-order valence-electron chi connectivity index (χ1n) is 6.38. The van der Waals surface area contributed by atoms with Crippen molar-refractivity contribution >= 4 is 28.9 Å². The maximum Gasteiger partial charge on any atom is 0.145 e. The second-order valence-electron chi connectivity index (χ2n) is 5.61. The van der Waals surface area contributed by atoms with Crippen LogP contribution in [0.15, 0.2) is 24.3 Å². The Morgan fingerprint density at radius 1 is 1.14 bits per heavy atom. The molecule has 5 nitrogen and oxygen atoms in total. The molecule has 0 radical (unpaired) electrons. The van der Waals surface area contributed by atoms with E-state index >= 15 is 0 Å². The zero-order chi connectivity index (χ0) is 15.6. The first kappa shape index (κ1) is 15.5. The minimum absolute atomic E-state index is 0.0438. The molecule has 0 amide bonds. The van der Waals surface area contributed by atoms with Crippen molar-refractivity contribution in [2.24, 2.45) is 5.84 Å². The number of hydrazine groups is 1. The van der Waals surface area contributed by atoms with E-state index < -0.39 is 5.82 Å². The number of anilines is 3. The van der Waals surface area contributed by atoms with Gasteiger partial charge in [-0.2, -0.15) is 0 Å². The van der Waals surface area contributed by atoms with Gasteiger partial charge in [-0.1, -0.05) is 32.4 Å². The quantitative estimate of drug-likeness (QED) is 0.596. The van der Waals surface area contributed by atoms with Crippen LogP contribution >= 0.6 is 11.6 Å². The molecular formula is C14H17ClFN5. The van der Waals surface area contributed by atoms with Gasteiger partial charge in [0.2, 0.25) is 0 Å². The molecule has 0 atom stereocenters. The van der Waals surface area contributed by atoms with Gasteiger partial charge in [0.1, 0.15) is 23.3 Å². The van der Waals surface area contributed by atoms with Crippen molar-refractivity contribution in [3.8, 4) is 0 Å². The third-order valence-electron chi connectivity index (χ3n) is 2.74. The van der Waals surface area contributed by atoms with Crippen LogP contribution in [0.1, 0.15) is 26.6 Å². The van der Waals surface area contributed by atoms with Crippen molar-refractivity contribution < 1.29 is 4.39 Å². The van der Waals surface area contributed by atoms with Crippen molar-refractivity contribution in [2.75, 3.05) is 10.7 Å². The molecule has 1 aromatic carbocycles. The van der Waals surface area contributed by atoms with Crippen LogP contribution in [0.3, 0.4) is 0 Å². The lowest BCUT2D eigenvalue weighted by Gasteiger charge is -2.18. The molecule has 0 aliphatic heterocycles. The molecular weight excluding hydrogens is 293 g/mol. The fourth-order valence-electron chi connectivity index (χ4n) is 1.64. The normalized spacial score (nSPS) is 11.3. The number of halogens is 2. The highest BCUT2D eigenvalue weighted by Gasteiger charge is 2.19. The van der Waals surface area contributed by atoms with E-state index in [1.165, 1.54) is 12.1 Å². The predicted octanol–water partition coefficient (Wildman–Crippen LogP) is 3.60. The SMILES string of the molecule is CC(C)(C)c1nc(NN)cc(Nc2ccc(F)c(Cl)c2)n1. The summed E-state index contributed by atoms with van der Waals surface area (Å²) in [5, 5.41) is 3.11. The number of nitrogen functional groups attached to an aromatic ring is 1. The van der Waals surface area contributed by atoms with Crippen LogP contribution in [0.2, 0.25) is 5.02 Å². The topological polar surface area (TPSA) is 75.9 Å². The molecule has 0 aliphatic carbocycles. The molecule has 0 saturated carbocycles. The van der Waals surface area contributed by atoms with Gasteiger partial charge in [-0.15, -0.1) is 0 Å². The van der Waals surface area contributed by atoms with Crippen LogP contribution in [0, 0.1) is 5.82 Å². The van der Waals surface area contributed by atoms with Crippen LogP contribution in [0.5, 0.6) is 0 Å². The van der Waals surface area contributed by atoms with Gasteiger partial charge in [-0.25, -0.2) is 20.2 Å². The Hall–Kier alpha value is -1.92. The Bertz CT molecular complexity index is 654. The van der Waals surface area contributed by atoms with Gasteiger partial charge in [0, 0.05) is 17.2 Å². The summed E-state index contributed by atoms with van der Waals surface area (Å²) >= 11 is 5.76. The first-order chi connectivity index (χ1) is 9.79. The molecule has 21 heavy (non-hydrogen) atoms. The largest absolute Gasteiger partial charge is 0.340 e. The van der Waals surface area contributed by atoms with E-state index in [1.54, 1.807) is 12.1 Å². The summed E-state index contributed by atoms with van der Waals surface area (Å²) in [7, 11) is 0. The molecule has 4 N–H and O–H groups in total. The van der Waals surface area contributed by atoms with Crippen LogP contribution in [-0.2, 0) is 5.41 Å². The summed E-state index contributed by atoms with van der Waals surface area (Å²) in [6, 6.07) is 6.02. The number of hydrogen-bond acceptors (Lipinski definition) is 5. The maximum absolute atomic E-state index is 13.2. The van der Waals surface area contributed by atoms with E-state index in [0.717, 1.165) is 0 Å². The van der Waals surface area contributed by atoms with Crippen LogP contribution < -0.4 is 16.6 Å². The predicted molar refractivity (Wildman–Crippen MR) is 83.2 cm³/mol. The number of rotatable bonds is 3. The summed E-state index contributed by atoms with van der Waals surface area (Å²) in [5.74, 6) is 6.63. The van der Waals surface area contributed by atoms with Crippen LogP contribution in [0.4, 0.5) is 21.7 Å². The zero-order valence-corrected chi connectivity index (χ0v) is 12.8. The van der Waals surface area contributed by atoms with Gasteiger partial charge in [0.05, 0.1) is 5.02 Å². The lowest BCUT2D eigenvalue weighted by Crippen LogP contribution is -2.19. The van der Waals surface area contributed by atoms with Crippen LogP contribution in [0.25, 0.3) is 0 Å². The van der Waals surface area contributed by atoms with E-state index in [-0.39, 0.29) is 10.4 Å². The molecule has 2 aromatic rings. The highest BCUT2D eigenvalue weighted by Crippen LogP contribution is 2.25. The molecule has 1 heterocycles. The third-order valence-corrected chi connectivity index (χ3v) is 3.03. The van der Waals surface area contributed by atoms with Gasteiger partial charge in [0.15, 0.2) is 0 Å². The molecule has 112 valence electrons. The number of hydrogen-bond donors (Lipinski definition) is 3. The molecule has 7 heteroatoms. The fraction of sp³-hybridized carbons (Fsp3) is 0.286. The van der Waals surface area contributed by atoms with Crippen LogP contribution in [-0.4, -0.2) is 9.97 Å². The molecule has 0 saturated heterocycles. The first-order valence-corrected chi connectivity index (χ1v) is 6.75. The molecule has 0 unspecified atom stereocenters. The highest BCUT2D eigenvalue weighted by molar-refractivity contribution is 6.31. The summed E-state index contributed by atoms with van der Waals surface area (Å²) in [5.41, 5.74) is 2.90. The third kappa shape index (κ3) is 3.80. The Balaban J connectivity index is 2.36. The minimum Gasteiger partial charge on any atom is -0.340 e. The van der Waals surface area contributed by atoms with Gasteiger partial charge < -0.3 is 10.7 Å². The number of benzene rings is 1. The van der Waals surface area contributed by atoms with E-state index in [4.69, 9.17) is 17.4 Å². The molecule has 0 bridgehead atoms. The van der Waals surface area contributed by atoms with E-state index in [2.05, 4.69) is 20.7 Å². The van der Waals surface area contributed by atoms with Crippen molar-refractivity contribution in [3.63, 3.8) is 0 Å². The summed E-state index contributed by atoms with van der Waals surface area (Å²) < 4.78 is 13.2. The molecule has 0 fully saturated rings. The van der Waals surface area contributed by atoms with Crippen molar-refractivity contribution in [1.29, 1.82) is 0 Å². The summed E-state index contributed by atoms with van der Waals surface area (Å²) in [6.07, 6.45) is 0. The smallest absolute Gasteiger partial charge is 0.145 e. The Morgan fingerprint density at radius 3 is 2.38 bits per heavy atom. The van der Waals surface area contributed by atoms with E-state index in [1.807, 2.05) is 20.8 Å². The lowest BCUT2D eigenvalue weighted by molar-refractivity contribution is 0.547. The summed E-state index contributed by atoms with van der Waals surface area (Å²) in [6.45, 7) is 6.00. The highest BCUT2D eigenvalue weighted by atomic mass is 35.5. The Labute approximate surface area is 127 Å². The average molecular weight is 310 g/mol. The van der Waals surface area contributed by atoms with Gasteiger partial charge in [-0.05, 0) is 18.2 Å². The number of nitrogens with one attached hydrogen (secondary N) is 2. The molecule has 0 spiro atoms. The van der Waals surface area contributed by atoms with E-state index in [9.17, 15) is 4.39 Å². The fourth-order valence-corrected chi connectivity index (χ4v) is 1.82. The second-order valence-corrected chi connectivity index (χ2v) is 6.02. The van der Waals surface area contributed by atoms with Gasteiger partial charge >= 0.3 is 0 Å². The van der Waals surface area contributed by atoms with Crippen molar-refractivity contribution in [2.45, 2.75) is 26.2 Å². The standard InChI is InChI=1S/C14H17ClFN5/c1-14(2,3)13-19-11(7-12(20-13)21-17)18-8-4-5-10(16)9(15)6-8/h4-7H,17H2,1-3H3,(H2,18,19,20,21). The van der Waals surface area contributed by atoms with Crippen molar-refractivity contribution in [3.05, 3.63) is 40.9 Å². The summed E-state index contributed by atoms with van der Waals surface area (Å²) in [4.78, 5) is 8.77. The molecule has 0 aliphatic rings. The molecule has 2 rings (SSSR count). The number of aromatic nitrogens is 2. The monoisotopic (exact) mass is 309 g/mol. The van der Waals surface area contributed by atoms with E-state index in [0.29, 0.717) is 23.1 Å².